The van der Waals surface area contributed by atoms with Gasteiger partial charge in [-0.05, 0) is 48.9 Å². The van der Waals surface area contributed by atoms with E-state index in [0.29, 0.717) is 17.4 Å². The van der Waals surface area contributed by atoms with Crippen molar-refractivity contribution in [2.45, 2.75) is 6.92 Å². The smallest absolute Gasteiger partial charge is 0.276 e. The van der Waals surface area contributed by atoms with Crippen molar-refractivity contribution in [2.75, 3.05) is 13.2 Å². The summed E-state index contributed by atoms with van der Waals surface area (Å²) in [7, 11) is 0. The molecule has 6 nitrogen and oxygen atoms in total. The highest BCUT2D eigenvalue weighted by Gasteiger charge is 2.07. The molecule has 2 N–H and O–H groups in total. The van der Waals surface area contributed by atoms with Gasteiger partial charge in [0, 0.05) is 10.5 Å². The van der Waals surface area contributed by atoms with Crippen molar-refractivity contribution >= 4 is 45.4 Å². The van der Waals surface area contributed by atoms with E-state index in [1.54, 1.807) is 24.3 Å². The summed E-state index contributed by atoms with van der Waals surface area (Å²) in [6, 6.07) is 12.3. The topological polar surface area (TPSA) is 76.7 Å². The van der Waals surface area contributed by atoms with Crippen molar-refractivity contribution in [1.29, 1.82) is 0 Å². The Kier molecular flexibility index (Phi) is 8.16. The summed E-state index contributed by atoms with van der Waals surface area (Å²) in [6.07, 6.45) is 2.93. The minimum absolute atomic E-state index is 0.287. The second kappa shape index (κ2) is 10.6. The number of hydrogen-bond donors (Lipinski definition) is 2. The molecule has 0 aromatic heterocycles. The molecule has 0 atom stereocenters. The van der Waals surface area contributed by atoms with Gasteiger partial charge in [0.1, 0.15) is 11.5 Å². The fourth-order valence-corrected chi connectivity index (χ4v) is 2.69. The van der Waals surface area contributed by atoms with Gasteiger partial charge in [0.05, 0.1) is 11.6 Å². The Bertz CT molecular complexity index is 825. The zero-order valence-corrected chi connectivity index (χ0v) is 16.8. The molecule has 0 spiro atoms. The third-order valence-corrected chi connectivity index (χ3v) is 3.98. The summed E-state index contributed by atoms with van der Waals surface area (Å²) in [5.41, 5.74) is 5.36. The normalized spacial score (nSPS) is 10.5. The molecular formula is C19H18BrClN2O4. The average molecular weight is 454 g/mol. The third kappa shape index (κ3) is 7.32. The van der Waals surface area contributed by atoms with Crippen molar-refractivity contribution in [2.24, 2.45) is 0 Å². The standard InChI is InChI=1S/C19H18BrClN2O4/c1-2-26-15-7-3-13(4-8-15)5-10-18(24)22-23-19(25)12-27-17-9-6-14(20)11-16(17)21/h3-11H,2,12H2,1H3,(H,22,24)(H,23,25)/b10-5+. The van der Waals surface area contributed by atoms with Gasteiger partial charge in [0.15, 0.2) is 6.61 Å². The highest BCUT2D eigenvalue weighted by Crippen LogP contribution is 2.27. The molecule has 2 amide bonds. The van der Waals surface area contributed by atoms with Crippen LogP contribution in [0.5, 0.6) is 11.5 Å². The Labute approximate surface area is 170 Å². The van der Waals surface area contributed by atoms with Crippen LogP contribution in [0.25, 0.3) is 6.08 Å². The lowest BCUT2D eigenvalue weighted by atomic mass is 10.2. The van der Waals surface area contributed by atoms with Gasteiger partial charge < -0.3 is 9.47 Å². The van der Waals surface area contributed by atoms with Gasteiger partial charge in [-0.1, -0.05) is 39.7 Å². The Hall–Kier alpha value is -2.51. The first kappa shape index (κ1) is 20.8. The molecule has 2 aromatic carbocycles. The van der Waals surface area contributed by atoms with Crippen LogP contribution < -0.4 is 20.3 Å². The van der Waals surface area contributed by atoms with Gasteiger partial charge in [0.25, 0.3) is 11.8 Å². The van der Waals surface area contributed by atoms with E-state index in [9.17, 15) is 9.59 Å². The lowest BCUT2D eigenvalue weighted by Crippen LogP contribution is -2.43. The number of carbonyl (C=O) groups is 2. The van der Waals surface area contributed by atoms with Gasteiger partial charge in [-0.15, -0.1) is 0 Å². The molecule has 0 aliphatic rings. The summed E-state index contributed by atoms with van der Waals surface area (Å²) in [6.45, 7) is 2.21. The quantitative estimate of drug-likeness (QED) is 0.495. The Balaban J connectivity index is 1.74. The second-order valence-corrected chi connectivity index (χ2v) is 6.56. The predicted octanol–water partition coefficient (Wildman–Crippen LogP) is 3.74. The number of rotatable bonds is 7. The van der Waals surface area contributed by atoms with Crippen LogP contribution in [-0.4, -0.2) is 25.0 Å². The van der Waals surface area contributed by atoms with Crippen LogP contribution in [0.15, 0.2) is 53.0 Å². The first-order valence-electron chi connectivity index (χ1n) is 8.05. The SMILES string of the molecule is CCOc1ccc(/C=C/C(=O)NNC(=O)COc2ccc(Br)cc2Cl)cc1. The van der Waals surface area contributed by atoms with E-state index in [-0.39, 0.29) is 6.61 Å². The van der Waals surface area contributed by atoms with Gasteiger partial charge in [0.2, 0.25) is 0 Å². The van der Waals surface area contributed by atoms with Crippen molar-refractivity contribution < 1.29 is 19.1 Å². The molecule has 0 aliphatic heterocycles. The number of hydrogen-bond acceptors (Lipinski definition) is 4. The van der Waals surface area contributed by atoms with E-state index in [4.69, 9.17) is 21.1 Å². The monoisotopic (exact) mass is 452 g/mol. The second-order valence-electron chi connectivity index (χ2n) is 5.24. The van der Waals surface area contributed by atoms with Crippen molar-refractivity contribution in [3.63, 3.8) is 0 Å². The molecule has 0 aliphatic carbocycles. The number of halogens is 2. The van der Waals surface area contributed by atoms with E-state index in [1.807, 2.05) is 31.2 Å². The largest absolute Gasteiger partial charge is 0.494 e. The molecule has 0 bridgehead atoms. The van der Waals surface area contributed by atoms with Crippen LogP contribution in [-0.2, 0) is 9.59 Å². The Morgan fingerprint density at radius 2 is 1.85 bits per heavy atom. The van der Waals surface area contributed by atoms with Gasteiger partial charge in [-0.25, -0.2) is 0 Å². The summed E-state index contributed by atoms with van der Waals surface area (Å²) in [5.74, 6) is 0.143. The number of amides is 2. The Morgan fingerprint density at radius 1 is 1.11 bits per heavy atom. The lowest BCUT2D eigenvalue weighted by Gasteiger charge is -2.09. The first-order chi connectivity index (χ1) is 13.0. The van der Waals surface area contributed by atoms with Gasteiger partial charge >= 0.3 is 0 Å². The molecule has 27 heavy (non-hydrogen) atoms. The molecule has 0 saturated carbocycles. The number of benzene rings is 2. The van der Waals surface area contributed by atoms with Crippen LogP contribution in [0.3, 0.4) is 0 Å². The van der Waals surface area contributed by atoms with Crippen molar-refractivity contribution in [1.82, 2.24) is 10.9 Å². The van der Waals surface area contributed by atoms with E-state index in [0.717, 1.165) is 15.8 Å². The number of nitrogens with one attached hydrogen (secondary N) is 2. The molecule has 0 heterocycles. The maximum atomic E-state index is 11.8. The van der Waals surface area contributed by atoms with Crippen LogP contribution >= 0.6 is 27.5 Å². The highest BCUT2D eigenvalue weighted by molar-refractivity contribution is 9.10. The summed E-state index contributed by atoms with van der Waals surface area (Å²) in [5, 5.41) is 0.375. The van der Waals surface area contributed by atoms with Crippen molar-refractivity contribution in [3.05, 3.63) is 63.6 Å². The van der Waals surface area contributed by atoms with Gasteiger partial charge in [-0.3, -0.25) is 20.4 Å². The lowest BCUT2D eigenvalue weighted by molar-refractivity contribution is -0.128. The zero-order valence-electron chi connectivity index (χ0n) is 14.5. The molecule has 0 saturated heterocycles. The number of hydrazine groups is 1. The minimum atomic E-state index is -0.517. The highest BCUT2D eigenvalue weighted by atomic mass is 79.9. The third-order valence-electron chi connectivity index (χ3n) is 3.20. The van der Waals surface area contributed by atoms with E-state index < -0.39 is 11.8 Å². The predicted molar refractivity (Wildman–Crippen MR) is 108 cm³/mol. The summed E-state index contributed by atoms with van der Waals surface area (Å²) in [4.78, 5) is 23.5. The molecule has 2 rings (SSSR count). The minimum Gasteiger partial charge on any atom is -0.494 e. The van der Waals surface area contributed by atoms with E-state index in [2.05, 4.69) is 26.8 Å². The van der Waals surface area contributed by atoms with Gasteiger partial charge in [-0.2, -0.15) is 0 Å². The van der Waals surface area contributed by atoms with Crippen LogP contribution in [0.1, 0.15) is 12.5 Å². The molecule has 8 heteroatoms. The molecule has 142 valence electrons. The molecule has 0 fully saturated rings. The zero-order chi connectivity index (χ0) is 19.6. The van der Waals surface area contributed by atoms with Crippen LogP contribution in [0, 0.1) is 0 Å². The average Bonchev–Trinajstić information content (AvgIpc) is 2.65. The molecule has 2 aromatic rings. The molecular weight excluding hydrogens is 436 g/mol. The Morgan fingerprint density at radius 3 is 2.52 bits per heavy atom. The van der Waals surface area contributed by atoms with E-state index in [1.165, 1.54) is 6.08 Å². The molecule has 0 unspecified atom stereocenters. The molecule has 0 radical (unpaired) electrons. The van der Waals surface area contributed by atoms with Crippen molar-refractivity contribution in [3.8, 4) is 11.5 Å². The first-order valence-corrected chi connectivity index (χ1v) is 9.22. The maximum absolute atomic E-state index is 11.8. The fraction of sp³-hybridized carbons (Fsp3) is 0.158. The van der Waals surface area contributed by atoms with Crippen LogP contribution in [0.2, 0.25) is 5.02 Å². The maximum Gasteiger partial charge on any atom is 0.276 e. The van der Waals surface area contributed by atoms with E-state index >= 15 is 0 Å². The summed E-state index contributed by atoms with van der Waals surface area (Å²) < 4.78 is 11.4. The number of carbonyl (C=O) groups excluding carboxylic acids is 2. The summed E-state index contributed by atoms with van der Waals surface area (Å²) >= 11 is 9.27. The fourth-order valence-electron chi connectivity index (χ4n) is 1.96. The van der Waals surface area contributed by atoms with Crippen LogP contribution in [0.4, 0.5) is 0 Å². The number of ether oxygens (including phenoxy) is 2.